The first kappa shape index (κ1) is 13.3. The predicted octanol–water partition coefficient (Wildman–Crippen LogP) is 1.30. The molecule has 0 fully saturated rings. The Morgan fingerprint density at radius 3 is 3.00 bits per heavy atom. The molecule has 0 amide bonds. The van der Waals surface area contributed by atoms with Crippen LogP contribution in [0.3, 0.4) is 0 Å². The zero-order valence-corrected chi connectivity index (χ0v) is 12.1. The lowest BCUT2D eigenvalue weighted by Gasteiger charge is -2.04. The van der Waals surface area contributed by atoms with Crippen molar-refractivity contribution in [3.8, 4) is 11.3 Å². The first-order valence-corrected chi connectivity index (χ1v) is 6.82. The number of fused-ring (bicyclic) bond motifs is 3. The van der Waals surface area contributed by atoms with Crippen molar-refractivity contribution in [2.75, 3.05) is 7.11 Å². The number of benzene rings is 1. The molecule has 0 bridgehead atoms. The normalized spacial score (nSPS) is 11.2. The molecular weight excluding hydrogens is 298 g/mol. The van der Waals surface area contributed by atoms with Crippen molar-refractivity contribution in [3.05, 3.63) is 53.5 Å². The van der Waals surface area contributed by atoms with Crippen LogP contribution in [0.25, 0.3) is 27.9 Å². The molecule has 3 heterocycles. The van der Waals surface area contributed by atoms with E-state index < -0.39 is 5.97 Å². The fourth-order valence-corrected chi connectivity index (χ4v) is 2.54. The molecule has 0 unspecified atom stereocenters. The van der Waals surface area contributed by atoms with Crippen molar-refractivity contribution < 1.29 is 14.4 Å². The number of hydrogen-bond acceptors (Lipinski definition) is 5. The lowest BCUT2D eigenvalue weighted by atomic mass is 10.1. The first-order chi connectivity index (χ1) is 11.2. The first-order valence-electron chi connectivity index (χ1n) is 6.82. The van der Waals surface area contributed by atoms with Crippen LogP contribution in [0.15, 0.2) is 42.7 Å². The van der Waals surface area contributed by atoms with Crippen LogP contribution in [0, 0.1) is 5.21 Å². The Bertz CT molecular complexity index is 1040. The zero-order chi connectivity index (χ0) is 16.0. The summed E-state index contributed by atoms with van der Waals surface area (Å²) in [6.07, 6.45) is 3.16. The number of esters is 1. The minimum atomic E-state index is -0.590. The van der Waals surface area contributed by atoms with Crippen molar-refractivity contribution in [1.29, 1.82) is 0 Å². The van der Waals surface area contributed by atoms with Crippen LogP contribution < -0.4 is 4.85 Å². The lowest BCUT2D eigenvalue weighted by molar-refractivity contribution is -0.640. The quantitative estimate of drug-likeness (QED) is 0.342. The Morgan fingerprint density at radius 2 is 2.26 bits per heavy atom. The number of H-pyrrole nitrogens is 1. The number of hydrogen-bond donors (Lipinski definition) is 1. The van der Waals surface area contributed by atoms with Crippen LogP contribution in [0.1, 0.15) is 10.4 Å². The molecule has 4 rings (SSSR count). The van der Waals surface area contributed by atoms with Gasteiger partial charge < -0.3 is 14.9 Å². The molecule has 1 N–H and O–H groups in total. The highest BCUT2D eigenvalue weighted by atomic mass is 16.5. The van der Waals surface area contributed by atoms with Crippen molar-refractivity contribution in [2.45, 2.75) is 0 Å². The maximum Gasteiger partial charge on any atom is 0.343 e. The number of rotatable bonds is 2. The van der Waals surface area contributed by atoms with E-state index in [1.165, 1.54) is 17.8 Å². The van der Waals surface area contributed by atoms with Crippen molar-refractivity contribution >= 4 is 22.6 Å². The number of aromatic nitrogens is 5. The van der Waals surface area contributed by atoms with Gasteiger partial charge in [0.25, 0.3) is 5.52 Å². The summed E-state index contributed by atoms with van der Waals surface area (Å²) in [4.78, 5) is 15.4. The molecule has 0 aliphatic heterocycles. The van der Waals surface area contributed by atoms with Gasteiger partial charge in [-0.15, -0.1) is 0 Å². The van der Waals surface area contributed by atoms with Crippen LogP contribution >= 0.6 is 0 Å². The maximum atomic E-state index is 12.2. The summed E-state index contributed by atoms with van der Waals surface area (Å²) in [5.41, 5.74) is 3.01. The van der Waals surface area contributed by atoms with E-state index in [0.29, 0.717) is 15.9 Å². The van der Waals surface area contributed by atoms with Gasteiger partial charge in [-0.25, -0.2) is 9.31 Å². The highest BCUT2D eigenvalue weighted by molar-refractivity contribution is 5.96. The Hall–Kier alpha value is -3.42. The number of nitrogens with zero attached hydrogens (tertiary/aromatic N) is 4. The van der Waals surface area contributed by atoms with Gasteiger partial charge in [0.2, 0.25) is 5.65 Å². The van der Waals surface area contributed by atoms with Crippen LogP contribution in [0.2, 0.25) is 0 Å². The molecule has 0 spiro atoms. The monoisotopic (exact) mass is 309 g/mol. The Labute approximate surface area is 129 Å². The van der Waals surface area contributed by atoms with Gasteiger partial charge in [0.05, 0.1) is 13.3 Å². The smallest absolute Gasteiger partial charge is 0.343 e. The molecule has 0 aliphatic rings. The highest BCUT2D eigenvalue weighted by Crippen LogP contribution is 2.22. The number of methoxy groups -OCH3 is 1. The van der Waals surface area contributed by atoms with E-state index in [2.05, 4.69) is 19.9 Å². The van der Waals surface area contributed by atoms with Gasteiger partial charge in [0, 0.05) is 28.6 Å². The number of carbonyl (C=O) groups is 1. The van der Waals surface area contributed by atoms with Gasteiger partial charge in [-0.05, 0) is 29.1 Å². The van der Waals surface area contributed by atoms with Gasteiger partial charge in [-0.1, -0.05) is 0 Å². The second-order valence-corrected chi connectivity index (χ2v) is 4.95. The highest BCUT2D eigenvalue weighted by Gasteiger charge is 2.21. The molecule has 23 heavy (non-hydrogen) atoms. The minimum Gasteiger partial charge on any atom is -0.594 e. The Balaban J connectivity index is 2.05. The third-order valence-electron chi connectivity index (χ3n) is 3.65. The largest absolute Gasteiger partial charge is 0.594 e. The number of ether oxygens (including phenoxy) is 1. The van der Waals surface area contributed by atoms with Crippen molar-refractivity contribution in [1.82, 2.24) is 19.7 Å². The van der Waals surface area contributed by atoms with Crippen LogP contribution in [0.4, 0.5) is 0 Å². The van der Waals surface area contributed by atoms with E-state index in [1.54, 1.807) is 6.07 Å². The molecule has 4 aromatic rings. The molecule has 8 heteroatoms. The average Bonchev–Trinajstić information content (AvgIpc) is 3.23. The zero-order valence-electron chi connectivity index (χ0n) is 12.1. The molecule has 0 atom stereocenters. The number of aromatic amines is 1. The molecule has 0 saturated heterocycles. The van der Waals surface area contributed by atoms with Gasteiger partial charge in [0.1, 0.15) is 11.1 Å². The average molecular weight is 309 g/mol. The predicted molar refractivity (Wildman–Crippen MR) is 80.6 cm³/mol. The SMILES string of the molecule is COC(=O)c1cnn2c1n[n+]([O-])c1ccc(-c3ccc[nH]3)cc12. The van der Waals surface area contributed by atoms with Crippen LogP contribution in [-0.4, -0.2) is 32.8 Å². The molecule has 8 nitrogen and oxygen atoms in total. The molecule has 3 aromatic heterocycles. The summed E-state index contributed by atoms with van der Waals surface area (Å²) in [7, 11) is 1.27. The van der Waals surface area contributed by atoms with E-state index in [-0.39, 0.29) is 11.2 Å². The number of carbonyl (C=O) groups excluding carboxylic acids is 1. The maximum absolute atomic E-state index is 12.2. The Morgan fingerprint density at radius 1 is 1.39 bits per heavy atom. The summed E-state index contributed by atoms with van der Waals surface area (Å²) in [6, 6.07) is 9.12. The summed E-state index contributed by atoms with van der Waals surface area (Å²) < 4.78 is 6.15. The Kier molecular flexibility index (Phi) is 2.77. The van der Waals surface area contributed by atoms with Crippen molar-refractivity contribution in [2.24, 2.45) is 0 Å². The van der Waals surface area contributed by atoms with Gasteiger partial charge in [-0.3, -0.25) is 0 Å². The van der Waals surface area contributed by atoms with Crippen LogP contribution in [-0.2, 0) is 4.74 Å². The summed E-state index contributed by atoms with van der Waals surface area (Å²) >= 11 is 0. The van der Waals surface area contributed by atoms with Gasteiger partial charge in [0.15, 0.2) is 0 Å². The molecular formula is C15H11N5O3. The standard InChI is InChI=1S/C15H11N5O3/c1-23-15(21)10-8-17-19-13-7-9(11-3-2-6-16-11)4-5-12(13)20(22)18-14(10)19/h2-8,16H,1H3. The number of nitrogens with one attached hydrogen (secondary N) is 1. The van der Waals surface area contributed by atoms with Gasteiger partial charge in [-0.2, -0.15) is 5.10 Å². The lowest BCUT2D eigenvalue weighted by Crippen LogP contribution is -2.33. The second kappa shape index (κ2) is 4.80. The third-order valence-corrected chi connectivity index (χ3v) is 3.65. The molecule has 114 valence electrons. The molecule has 0 radical (unpaired) electrons. The van der Waals surface area contributed by atoms with Crippen LogP contribution in [0.5, 0.6) is 0 Å². The molecule has 0 saturated carbocycles. The molecule has 1 aromatic carbocycles. The third kappa shape index (κ3) is 1.92. The van der Waals surface area contributed by atoms with E-state index in [0.717, 1.165) is 11.3 Å². The fraction of sp³-hybridized carbons (Fsp3) is 0.0667. The van der Waals surface area contributed by atoms with E-state index in [1.807, 2.05) is 30.5 Å². The molecule has 0 aliphatic carbocycles. The minimum absolute atomic E-state index is 0.143. The summed E-state index contributed by atoms with van der Waals surface area (Å²) in [5, 5.41) is 20.2. The van der Waals surface area contributed by atoms with E-state index >= 15 is 0 Å². The van der Waals surface area contributed by atoms with Crippen molar-refractivity contribution in [3.63, 3.8) is 0 Å². The van der Waals surface area contributed by atoms with Gasteiger partial charge >= 0.3 is 5.97 Å². The fourth-order valence-electron chi connectivity index (χ4n) is 2.54. The topological polar surface area (TPSA) is 99.2 Å². The summed E-state index contributed by atoms with van der Waals surface area (Å²) in [5.74, 6) is -0.590. The summed E-state index contributed by atoms with van der Waals surface area (Å²) in [6.45, 7) is 0. The van der Waals surface area contributed by atoms with E-state index in [4.69, 9.17) is 0 Å². The van der Waals surface area contributed by atoms with E-state index in [9.17, 15) is 10.0 Å². The second-order valence-electron chi connectivity index (χ2n) is 4.95.